The summed E-state index contributed by atoms with van der Waals surface area (Å²) < 4.78 is 41.1. The Bertz CT molecular complexity index is 310. The number of imidazole rings is 1. The molecule has 0 fully saturated rings. The summed E-state index contributed by atoms with van der Waals surface area (Å²) in [7, 11) is -3.96. The third kappa shape index (κ3) is 15.0. The first kappa shape index (κ1) is 16.9. The minimum absolute atomic E-state index is 1.07. The van der Waals surface area contributed by atoms with Crippen LogP contribution in [-0.2, 0) is 13.5 Å². The number of nitriles is 1. The molecule has 16 heavy (non-hydrogen) atoms. The predicted octanol–water partition coefficient (Wildman–Crippen LogP) is 2.23. The molecule has 0 bridgehead atoms. The van der Waals surface area contributed by atoms with Crippen LogP contribution in [0.5, 0.6) is 0 Å². The van der Waals surface area contributed by atoms with Gasteiger partial charge in [0.25, 0.3) is 5.82 Å². The van der Waals surface area contributed by atoms with Crippen LogP contribution in [0.2, 0.25) is 0 Å². The Balaban J connectivity index is 0. The number of hydrogen-bond acceptors (Lipinski definition) is 1. The van der Waals surface area contributed by atoms with E-state index in [4.69, 9.17) is 5.26 Å². The fourth-order valence-electron chi connectivity index (χ4n) is 0.789. The number of H-pyrrole nitrogens is 1. The van der Waals surface area contributed by atoms with Gasteiger partial charge < -0.3 is 17.3 Å². The second-order valence-corrected chi connectivity index (χ2v) is 2.59. The number of nitrogens with one attached hydrogen (secondary N) is 1. The van der Waals surface area contributed by atoms with Gasteiger partial charge in [-0.15, -0.1) is 0 Å². The molecule has 0 aromatic carbocycles. The van der Waals surface area contributed by atoms with Crippen molar-refractivity contribution in [1.29, 1.82) is 5.26 Å². The molecule has 0 saturated carbocycles. The summed E-state index contributed by atoms with van der Waals surface area (Å²) in [5.74, 6) is 1.27. The standard InChI is InChI=1S/C6H10N2.C2H3N.BF4/c1-3-6-7-4-5-8(6)2;1-2-3;2-1(3,4)5/h4-5H,3H2,1-2H3;1H3;/q;;-1/p+1. The molecule has 92 valence electrons. The molecule has 3 nitrogen and oxygen atoms in total. The number of rotatable bonds is 1. The lowest BCUT2D eigenvalue weighted by Gasteiger charge is -1.94. The van der Waals surface area contributed by atoms with Crippen molar-refractivity contribution < 1.29 is 21.8 Å². The van der Waals surface area contributed by atoms with E-state index in [9.17, 15) is 17.3 Å². The molecule has 0 aliphatic heterocycles. The van der Waals surface area contributed by atoms with Crippen molar-refractivity contribution in [2.75, 3.05) is 0 Å². The fourth-order valence-corrected chi connectivity index (χ4v) is 0.789. The summed E-state index contributed by atoms with van der Waals surface area (Å²) >= 11 is 0. The Morgan fingerprint density at radius 3 is 1.94 bits per heavy atom. The van der Waals surface area contributed by atoms with Gasteiger partial charge in [-0.3, -0.25) is 0 Å². The van der Waals surface area contributed by atoms with Gasteiger partial charge in [-0.1, -0.05) is 6.92 Å². The topological polar surface area (TPSA) is 43.5 Å². The molecule has 0 saturated heterocycles. The van der Waals surface area contributed by atoms with Crippen LogP contribution in [0, 0.1) is 11.3 Å². The number of nitrogens with zero attached hydrogens (tertiary/aromatic N) is 2. The third-order valence-corrected chi connectivity index (χ3v) is 1.31. The number of aromatic nitrogens is 2. The fraction of sp³-hybridized carbons (Fsp3) is 0.500. The molecule has 1 aromatic heterocycles. The first-order valence-corrected chi connectivity index (χ1v) is 4.46. The maximum absolute atomic E-state index is 9.75. The van der Waals surface area contributed by atoms with Crippen molar-refractivity contribution in [3.63, 3.8) is 0 Å². The molecule has 8 heteroatoms. The van der Waals surface area contributed by atoms with Gasteiger partial charge in [0.2, 0.25) is 0 Å². The monoisotopic (exact) mass is 239 g/mol. The third-order valence-electron chi connectivity index (χ3n) is 1.31. The van der Waals surface area contributed by atoms with Gasteiger partial charge in [0.1, 0.15) is 12.4 Å². The van der Waals surface area contributed by atoms with Gasteiger partial charge in [0.05, 0.1) is 13.1 Å². The van der Waals surface area contributed by atoms with Crippen LogP contribution in [0.15, 0.2) is 12.4 Å². The van der Waals surface area contributed by atoms with Crippen molar-refractivity contribution in [2.45, 2.75) is 20.3 Å². The number of hydrogen-bond donors (Lipinski definition) is 1. The van der Waals surface area contributed by atoms with Crippen LogP contribution < -0.4 is 4.57 Å². The lowest BCUT2D eigenvalue weighted by molar-refractivity contribution is -0.677. The summed E-state index contributed by atoms with van der Waals surface area (Å²) in [4.78, 5) is 3.12. The lowest BCUT2D eigenvalue weighted by Crippen LogP contribution is -2.29. The molecule has 1 N–H and O–H groups in total. The molecule has 1 aromatic rings. The number of aryl methyl sites for hydroxylation is 2. The molecule has 0 aliphatic rings. The smallest absolute Gasteiger partial charge is 0.418 e. The SMILES string of the molecule is CC#N.CCc1[nH]cc[n+]1C.F[B-](F)(F)F. The zero-order chi connectivity index (χ0) is 13.2. The summed E-state index contributed by atoms with van der Waals surface area (Å²) in [6, 6.07) is 1.75. The minimum Gasteiger partial charge on any atom is -0.418 e. The van der Waals surface area contributed by atoms with E-state index in [2.05, 4.69) is 16.5 Å². The molecule has 1 rings (SSSR count). The van der Waals surface area contributed by atoms with E-state index in [1.54, 1.807) is 6.07 Å². The predicted molar refractivity (Wildman–Crippen MR) is 52.8 cm³/mol. The first-order chi connectivity index (χ1) is 7.26. The van der Waals surface area contributed by atoms with E-state index in [1.807, 2.05) is 19.4 Å². The maximum Gasteiger partial charge on any atom is 0.673 e. The minimum atomic E-state index is -6.00. The highest BCUT2D eigenvalue weighted by Gasteiger charge is 2.20. The highest BCUT2D eigenvalue weighted by atomic mass is 19.5. The van der Waals surface area contributed by atoms with Crippen LogP contribution in [0.4, 0.5) is 17.3 Å². The Labute approximate surface area is 91.8 Å². The van der Waals surface area contributed by atoms with E-state index in [0.717, 1.165) is 6.42 Å². The van der Waals surface area contributed by atoms with E-state index in [0.29, 0.717) is 0 Å². The van der Waals surface area contributed by atoms with Gasteiger partial charge in [-0.05, 0) is 0 Å². The Kier molecular flexibility index (Phi) is 9.26. The van der Waals surface area contributed by atoms with Gasteiger partial charge >= 0.3 is 7.25 Å². The average Bonchev–Trinajstić information content (AvgIpc) is 2.49. The largest absolute Gasteiger partial charge is 0.673 e. The van der Waals surface area contributed by atoms with Crippen LogP contribution in [0.1, 0.15) is 19.7 Å². The van der Waals surface area contributed by atoms with E-state index < -0.39 is 7.25 Å². The van der Waals surface area contributed by atoms with Gasteiger partial charge in [0, 0.05) is 13.3 Å². The summed E-state index contributed by atoms with van der Waals surface area (Å²) in [5.41, 5.74) is 0. The highest BCUT2D eigenvalue weighted by Crippen LogP contribution is 2.06. The van der Waals surface area contributed by atoms with Crippen molar-refractivity contribution >= 4 is 7.25 Å². The molecular formula is C8H14BF4N3. The molecule has 0 aliphatic carbocycles. The second kappa shape index (κ2) is 8.77. The molecule has 0 unspecified atom stereocenters. The molecule has 0 amide bonds. The highest BCUT2D eigenvalue weighted by molar-refractivity contribution is 6.50. The van der Waals surface area contributed by atoms with Crippen molar-refractivity contribution in [3.8, 4) is 6.07 Å². The Morgan fingerprint density at radius 2 is 1.81 bits per heavy atom. The number of halogens is 4. The van der Waals surface area contributed by atoms with Gasteiger partial charge in [-0.25, -0.2) is 9.55 Å². The maximum atomic E-state index is 9.75. The van der Waals surface area contributed by atoms with Gasteiger partial charge in [0.15, 0.2) is 0 Å². The molecular weight excluding hydrogens is 225 g/mol. The quantitative estimate of drug-likeness (QED) is 0.455. The summed E-state index contributed by atoms with van der Waals surface area (Å²) in [5, 5.41) is 7.32. The first-order valence-electron chi connectivity index (χ1n) is 4.46. The molecule has 0 spiro atoms. The Hall–Kier alpha value is -1.52. The van der Waals surface area contributed by atoms with Crippen LogP contribution in [0.3, 0.4) is 0 Å². The molecule has 0 atom stereocenters. The van der Waals surface area contributed by atoms with Crippen molar-refractivity contribution in [3.05, 3.63) is 18.2 Å². The van der Waals surface area contributed by atoms with Crippen molar-refractivity contribution in [1.82, 2.24) is 4.98 Å². The molecule has 0 radical (unpaired) electrons. The lowest BCUT2D eigenvalue weighted by atomic mass is 10.3. The van der Waals surface area contributed by atoms with E-state index >= 15 is 0 Å². The van der Waals surface area contributed by atoms with E-state index in [-0.39, 0.29) is 0 Å². The Morgan fingerprint density at radius 1 is 1.44 bits per heavy atom. The van der Waals surface area contributed by atoms with Crippen LogP contribution in [-0.4, -0.2) is 12.2 Å². The summed E-state index contributed by atoms with van der Waals surface area (Å²) in [6.45, 7) is 3.56. The normalized spacial score (nSPS) is 9.12. The summed E-state index contributed by atoms with van der Waals surface area (Å²) in [6.07, 6.45) is 5.03. The van der Waals surface area contributed by atoms with E-state index in [1.165, 1.54) is 12.7 Å². The molecule has 1 heterocycles. The zero-order valence-corrected chi connectivity index (χ0v) is 9.35. The van der Waals surface area contributed by atoms with Crippen LogP contribution in [0.25, 0.3) is 0 Å². The van der Waals surface area contributed by atoms with Crippen molar-refractivity contribution in [2.24, 2.45) is 7.05 Å². The zero-order valence-electron chi connectivity index (χ0n) is 9.35. The average molecular weight is 239 g/mol. The second-order valence-electron chi connectivity index (χ2n) is 2.59. The number of aromatic amines is 1. The van der Waals surface area contributed by atoms with Gasteiger partial charge in [-0.2, -0.15) is 5.26 Å². The van der Waals surface area contributed by atoms with Crippen LogP contribution >= 0.6 is 0 Å².